The molecule has 1 aromatic carbocycles. The standard InChI is InChI=1S/C22H26ClN5O4/c1-4-32-20(30)15-6-5-11-27(13-15)21-24-18-17(19(29)26(3)22(31)25(18)2)28(21)12-14-7-9-16(23)10-8-14/h7-10,15H,4-6,11-13H2,1-3H3. The molecule has 2 aromatic heterocycles. The van der Waals surface area contributed by atoms with Gasteiger partial charge in [-0.05, 0) is 37.5 Å². The highest BCUT2D eigenvalue weighted by Gasteiger charge is 2.31. The number of carbonyl (C=O) groups excluding carboxylic acids is 1. The van der Waals surface area contributed by atoms with Gasteiger partial charge >= 0.3 is 11.7 Å². The molecule has 1 aliphatic heterocycles. The van der Waals surface area contributed by atoms with Gasteiger partial charge in [-0.15, -0.1) is 0 Å². The molecule has 1 atom stereocenters. The second-order valence-electron chi connectivity index (χ2n) is 8.04. The first-order chi connectivity index (χ1) is 15.3. The Morgan fingerprint density at radius 1 is 1.19 bits per heavy atom. The second-order valence-corrected chi connectivity index (χ2v) is 8.48. The number of rotatable bonds is 5. The number of anilines is 1. The average Bonchev–Trinajstić information content (AvgIpc) is 3.17. The molecule has 0 saturated carbocycles. The van der Waals surface area contributed by atoms with Crippen LogP contribution in [0.25, 0.3) is 11.2 Å². The Balaban J connectivity index is 1.85. The maximum Gasteiger partial charge on any atom is 0.332 e. The van der Waals surface area contributed by atoms with E-state index in [1.165, 1.54) is 11.6 Å². The Morgan fingerprint density at radius 3 is 2.59 bits per heavy atom. The summed E-state index contributed by atoms with van der Waals surface area (Å²) in [6.45, 7) is 3.63. The largest absolute Gasteiger partial charge is 0.466 e. The number of halogens is 1. The highest BCUT2D eigenvalue weighted by Crippen LogP contribution is 2.27. The van der Waals surface area contributed by atoms with E-state index in [0.29, 0.717) is 48.4 Å². The SMILES string of the molecule is CCOC(=O)C1CCCN(c2nc3c(c(=O)n(C)c(=O)n3C)n2Cc2ccc(Cl)cc2)C1. The van der Waals surface area contributed by atoms with Crippen LogP contribution in [0.15, 0.2) is 33.9 Å². The summed E-state index contributed by atoms with van der Waals surface area (Å²) in [6.07, 6.45) is 1.54. The Hall–Kier alpha value is -3.07. The van der Waals surface area contributed by atoms with Crippen LogP contribution in [0.2, 0.25) is 5.02 Å². The molecule has 10 heteroatoms. The summed E-state index contributed by atoms with van der Waals surface area (Å²) in [6, 6.07) is 7.37. The smallest absolute Gasteiger partial charge is 0.332 e. The predicted molar refractivity (Wildman–Crippen MR) is 122 cm³/mol. The normalized spacial score (nSPS) is 16.5. The molecule has 1 aliphatic rings. The molecule has 1 fully saturated rings. The monoisotopic (exact) mass is 459 g/mol. The maximum absolute atomic E-state index is 13.1. The van der Waals surface area contributed by atoms with Crippen LogP contribution in [0.4, 0.5) is 5.95 Å². The van der Waals surface area contributed by atoms with Crippen LogP contribution in [0.3, 0.4) is 0 Å². The van der Waals surface area contributed by atoms with E-state index in [4.69, 9.17) is 21.3 Å². The molecule has 1 unspecified atom stereocenters. The van der Waals surface area contributed by atoms with Crippen LogP contribution in [-0.4, -0.2) is 44.4 Å². The van der Waals surface area contributed by atoms with Crippen molar-refractivity contribution in [2.24, 2.45) is 20.0 Å². The maximum atomic E-state index is 13.1. The van der Waals surface area contributed by atoms with Crippen molar-refractivity contribution in [3.8, 4) is 0 Å². The van der Waals surface area contributed by atoms with E-state index in [0.717, 1.165) is 23.0 Å². The van der Waals surface area contributed by atoms with Crippen molar-refractivity contribution in [2.75, 3.05) is 24.6 Å². The molecule has 9 nitrogen and oxygen atoms in total. The number of ether oxygens (including phenoxy) is 1. The second kappa shape index (κ2) is 8.82. The summed E-state index contributed by atoms with van der Waals surface area (Å²) in [5.41, 5.74) is 0.756. The number of imidazole rings is 1. The summed E-state index contributed by atoms with van der Waals surface area (Å²) < 4.78 is 9.52. The molecule has 0 amide bonds. The van der Waals surface area contributed by atoms with Crippen molar-refractivity contribution < 1.29 is 9.53 Å². The molecular formula is C22H26ClN5O4. The highest BCUT2D eigenvalue weighted by molar-refractivity contribution is 6.30. The van der Waals surface area contributed by atoms with E-state index in [2.05, 4.69) is 0 Å². The fourth-order valence-electron chi connectivity index (χ4n) is 4.21. The molecule has 170 valence electrons. The molecule has 32 heavy (non-hydrogen) atoms. The third-order valence-electron chi connectivity index (χ3n) is 5.91. The van der Waals surface area contributed by atoms with Crippen LogP contribution in [0, 0.1) is 5.92 Å². The zero-order valence-electron chi connectivity index (χ0n) is 18.4. The van der Waals surface area contributed by atoms with Gasteiger partial charge in [0, 0.05) is 32.2 Å². The predicted octanol–water partition coefficient (Wildman–Crippen LogP) is 1.91. The fourth-order valence-corrected chi connectivity index (χ4v) is 4.34. The number of piperidine rings is 1. The zero-order chi connectivity index (χ0) is 23.0. The van der Waals surface area contributed by atoms with Crippen molar-refractivity contribution in [3.05, 3.63) is 55.7 Å². The summed E-state index contributed by atoms with van der Waals surface area (Å²) in [5.74, 6) is 0.0715. The van der Waals surface area contributed by atoms with Crippen molar-refractivity contribution in [1.29, 1.82) is 0 Å². The van der Waals surface area contributed by atoms with Crippen LogP contribution in [0.1, 0.15) is 25.3 Å². The van der Waals surface area contributed by atoms with Crippen molar-refractivity contribution in [2.45, 2.75) is 26.3 Å². The van der Waals surface area contributed by atoms with Gasteiger partial charge in [0.25, 0.3) is 5.56 Å². The number of benzene rings is 1. The quantitative estimate of drug-likeness (QED) is 0.541. The van der Waals surface area contributed by atoms with Gasteiger partial charge < -0.3 is 9.64 Å². The molecule has 3 heterocycles. The van der Waals surface area contributed by atoms with Crippen LogP contribution >= 0.6 is 11.6 Å². The molecule has 4 rings (SSSR count). The third kappa shape index (κ3) is 3.92. The fraction of sp³-hybridized carbons (Fsp3) is 0.455. The number of fused-ring (bicyclic) bond motifs is 1. The first-order valence-electron chi connectivity index (χ1n) is 10.6. The van der Waals surface area contributed by atoms with Gasteiger partial charge in [0.1, 0.15) is 0 Å². The molecular weight excluding hydrogens is 434 g/mol. The first kappa shape index (κ1) is 22.1. The third-order valence-corrected chi connectivity index (χ3v) is 6.16. The Morgan fingerprint density at radius 2 is 1.91 bits per heavy atom. The number of esters is 1. The van der Waals surface area contributed by atoms with Gasteiger partial charge in [-0.1, -0.05) is 23.7 Å². The van der Waals surface area contributed by atoms with E-state index in [9.17, 15) is 14.4 Å². The van der Waals surface area contributed by atoms with Crippen molar-refractivity contribution in [3.63, 3.8) is 0 Å². The van der Waals surface area contributed by atoms with Gasteiger partial charge in [0.15, 0.2) is 11.2 Å². The van der Waals surface area contributed by atoms with Crippen molar-refractivity contribution >= 4 is 34.7 Å². The van der Waals surface area contributed by atoms with Gasteiger partial charge in [-0.25, -0.2) is 4.79 Å². The van der Waals surface area contributed by atoms with E-state index in [-0.39, 0.29) is 11.9 Å². The number of aromatic nitrogens is 4. The molecule has 1 saturated heterocycles. The first-order valence-corrected chi connectivity index (χ1v) is 11.0. The van der Waals surface area contributed by atoms with Crippen LogP contribution < -0.4 is 16.1 Å². The Kier molecular flexibility index (Phi) is 6.10. The molecule has 0 aliphatic carbocycles. The molecule has 0 N–H and O–H groups in total. The number of hydrogen-bond donors (Lipinski definition) is 0. The van der Waals surface area contributed by atoms with E-state index >= 15 is 0 Å². The summed E-state index contributed by atoms with van der Waals surface area (Å²) in [5, 5.41) is 0.621. The zero-order valence-corrected chi connectivity index (χ0v) is 19.1. The topological polar surface area (TPSA) is 91.4 Å². The lowest BCUT2D eigenvalue weighted by atomic mass is 9.98. The minimum Gasteiger partial charge on any atom is -0.466 e. The van der Waals surface area contributed by atoms with Crippen LogP contribution in [-0.2, 0) is 30.2 Å². The van der Waals surface area contributed by atoms with Gasteiger partial charge in [-0.2, -0.15) is 4.98 Å². The van der Waals surface area contributed by atoms with E-state index in [1.54, 1.807) is 26.1 Å². The number of carbonyl (C=O) groups is 1. The molecule has 0 bridgehead atoms. The van der Waals surface area contributed by atoms with E-state index < -0.39 is 11.2 Å². The number of hydrogen-bond acceptors (Lipinski definition) is 6. The van der Waals surface area contributed by atoms with Crippen molar-refractivity contribution in [1.82, 2.24) is 18.7 Å². The lowest BCUT2D eigenvalue weighted by molar-refractivity contribution is -0.148. The molecule has 3 aromatic rings. The number of aryl methyl sites for hydroxylation is 1. The average molecular weight is 460 g/mol. The minimum absolute atomic E-state index is 0.221. The molecule has 0 spiro atoms. The highest BCUT2D eigenvalue weighted by atomic mass is 35.5. The van der Waals surface area contributed by atoms with E-state index in [1.807, 2.05) is 21.6 Å². The summed E-state index contributed by atoms with van der Waals surface area (Å²) >= 11 is 6.03. The van der Waals surface area contributed by atoms with Gasteiger partial charge in [-0.3, -0.25) is 23.3 Å². The number of nitrogens with zero attached hydrogens (tertiary/aromatic N) is 5. The Bertz CT molecular complexity index is 1270. The van der Waals surface area contributed by atoms with Gasteiger partial charge in [0.2, 0.25) is 5.95 Å². The Labute approximate surface area is 189 Å². The van der Waals surface area contributed by atoms with Gasteiger partial charge in [0.05, 0.1) is 19.1 Å². The van der Waals surface area contributed by atoms with Crippen LogP contribution in [0.5, 0.6) is 0 Å². The lowest BCUT2D eigenvalue weighted by Gasteiger charge is -2.32. The lowest BCUT2D eigenvalue weighted by Crippen LogP contribution is -2.41. The molecule has 0 radical (unpaired) electrons. The summed E-state index contributed by atoms with van der Waals surface area (Å²) in [7, 11) is 3.06. The summed E-state index contributed by atoms with van der Waals surface area (Å²) in [4.78, 5) is 44.7. The minimum atomic E-state index is -0.437.